The minimum Gasteiger partial charge on any atom is -0.480 e. The molecule has 0 rings (SSSR count). The van der Waals surface area contributed by atoms with Gasteiger partial charge in [0.25, 0.3) is 0 Å². The van der Waals surface area contributed by atoms with E-state index in [-0.39, 0.29) is 24.4 Å². The molecule has 0 aromatic carbocycles. The van der Waals surface area contributed by atoms with Gasteiger partial charge in [-0.2, -0.15) is 0 Å². The number of aliphatic carboxylic acids is 1. The summed E-state index contributed by atoms with van der Waals surface area (Å²) < 4.78 is 0. The third-order valence-corrected chi connectivity index (χ3v) is 1.15. The van der Waals surface area contributed by atoms with Crippen LogP contribution in [0, 0.1) is 5.41 Å². The zero-order valence-electron chi connectivity index (χ0n) is 8.13. The highest BCUT2D eigenvalue weighted by Gasteiger charge is 2.14. The molecule has 0 atom stereocenters. The summed E-state index contributed by atoms with van der Waals surface area (Å²) in [7, 11) is 1.82. The number of carboxylic acids is 1. The first kappa shape index (κ1) is 14.3. The van der Waals surface area contributed by atoms with Gasteiger partial charge in [-0.15, -0.1) is 12.4 Å². The van der Waals surface area contributed by atoms with Crippen LogP contribution in [0.25, 0.3) is 0 Å². The summed E-state index contributed by atoms with van der Waals surface area (Å²) in [5.41, 5.74) is 0.171. The number of halogens is 1. The van der Waals surface area contributed by atoms with Gasteiger partial charge in [0.1, 0.15) is 0 Å². The molecule has 0 saturated heterocycles. The number of likely N-dealkylation sites (N-methyl/N-ethyl adjacent to an activating group) is 1. The van der Waals surface area contributed by atoms with Gasteiger partial charge in [-0.05, 0) is 12.5 Å². The fraction of sp³-hybridized carbons (Fsp3) is 0.875. The first-order chi connectivity index (χ1) is 4.81. The lowest BCUT2D eigenvalue weighted by atomic mass is 9.96. The van der Waals surface area contributed by atoms with Gasteiger partial charge < -0.3 is 5.11 Å². The molecule has 0 heterocycles. The summed E-state index contributed by atoms with van der Waals surface area (Å²) >= 11 is 0. The van der Waals surface area contributed by atoms with E-state index >= 15 is 0 Å². The molecule has 0 unspecified atom stereocenters. The molecular formula is C8H18ClNO2. The van der Waals surface area contributed by atoms with Crippen molar-refractivity contribution in [1.29, 1.82) is 0 Å². The second-order valence-corrected chi connectivity index (χ2v) is 4.13. The lowest BCUT2D eigenvalue weighted by Crippen LogP contribution is -2.33. The highest BCUT2D eigenvalue weighted by atomic mass is 35.5. The van der Waals surface area contributed by atoms with Crippen LogP contribution >= 0.6 is 12.4 Å². The summed E-state index contributed by atoms with van der Waals surface area (Å²) in [5.74, 6) is -0.767. The Labute approximate surface area is 80.2 Å². The fourth-order valence-electron chi connectivity index (χ4n) is 1.10. The predicted molar refractivity (Wildman–Crippen MR) is 51.8 cm³/mol. The first-order valence-electron chi connectivity index (χ1n) is 3.71. The molecule has 1 N–H and O–H groups in total. The smallest absolute Gasteiger partial charge is 0.317 e. The zero-order chi connectivity index (χ0) is 9.07. The van der Waals surface area contributed by atoms with Crippen LogP contribution in [-0.4, -0.2) is 36.1 Å². The molecule has 0 bridgehead atoms. The number of hydrogen-bond acceptors (Lipinski definition) is 2. The van der Waals surface area contributed by atoms with Crippen molar-refractivity contribution in [3.63, 3.8) is 0 Å². The van der Waals surface area contributed by atoms with Crippen LogP contribution in [0.4, 0.5) is 0 Å². The summed E-state index contributed by atoms with van der Waals surface area (Å²) in [6, 6.07) is 0. The van der Waals surface area contributed by atoms with Gasteiger partial charge in [-0.25, -0.2) is 0 Å². The van der Waals surface area contributed by atoms with Crippen molar-refractivity contribution in [1.82, 2.24) is 4.90 Å². The van der Waals surface area contributed by atoms with Crippen LogP contribution in [-0.2, 0) is 4.79 Å². The largest absolute Gasteiger partial charge is 0.480 e. The van der Waals surface area contributed by atoms with Gasteiger partial charge >= 0.3 is 5.97 Å². The van der Waals surface area contributed by atoms with Crippen LogP contribution in [0.2, 0.25) is 0 Å². The molecule has 74 valence electrons. The molecule has 0 aliphatic rings. The Morgan fingerprint density at radius 1 is 1.42 bits per heavy atom. The molecule has 0 aromatic rings. The van der Waals surface area contributed by atoms with Crippen molar-refractivity contribution in [2.24, 2.45) is 5.41 Å². The standard InChI is InChI=1S/C8H17NO2.ClH/c1-8(2,3)6-9(4)5-7(10)11;/h5-6H2,1-4H3,(H,10,11);1H. The molecule has 0 saturated carbocycles. The molecule has 0 spiro atoms. The van der Waals surface area contributed by atoms with Crippen molar-refractivity contribution in [3.05, 3.63) is 0 Å². The Bertz CT molecular complexity index is 142. The van der Waals surface area contributed by atoms with Crippen LogP contribution in [0.1, 0.15) is 20.8 Å². The molecule has 0 amide bonds. The van der Waals surface area contributed by atoms with E-state index in [9.17, 15) is 4.79 Å². The first-order valence-corrected chi connectivity index (χ1v) is 3.71. The topological polar surface area (TPSA) is 40.5 Å². The molecule has 0 aliphatic carbocycles. The second-order valence-electron chi connectivity index (χ2n) is 4.13. The molecule has 4 heteroatoms. The summed E-state index contributed by atoms with van der Waals surface area (Å²) in [6.07, 6.45) is 0. The summed E-state index contributed by atoms with van der Waals surface area (Å²) in [5, 5.41) is 8.44. The van der Waals surface area contributed by atoms with Gasteiger partial charge in [0.05, 0.1) is 6.54 Å². The van der Waals surface area contributed by atoms with Crippen molar-refractivity contribution in [3.8, 4) is 0 Å². The quantitative estimate of drug-likeness (QED) is 0.742. The van der Waals surface area contributed by atoms with Crippen LogP contribution in [0.3, 0.4) is 0 Å². The van der Waals surface area contributed by atoms with E-state index in [1.807, 2.05) is 11.9 Å². The van der Waals surface area contributed by atoms with E-state index in [0.29, 0.717) is 0 Å². The monoisotopic (exact) mass is 195 g/mol. The van der Waals surface area contributed by atoms with E-state index in [1.165, 1.54) is 0 Å². The zero-order valence-corrected chi connectivity index (χ0v) is 8.94. The van der Waals surface area contributed by atoms with Crippen molar-refractivity contribution in [2.45, 2.75) is 20.8 Å². The number of nitrogens with zero attached hydrogens (tertiary/aromatic N) is 1. The fourth-order valence-corrected chi connectivity index (χ4v) is 1.10. The number of rotatable bonds is 3. The lowest BCUT2D eigenvalue weighted by molar-refractivity contribution is -0.138. The van der Waals surface area contributed by atoms with E-state index in [4.69, 9.17) is 5.11 Å². The summed E-state index contributed by atoms with van der Waals surface area (Å²) in [4.78, 5) is 12.1. The van der Waals surface area contributed by atoms with Crippen LogP contribution < -0.4 is 0 Å². The Balaban J connectivity index is 0. The Kier molecular flexibility index (Phi) is 6.39. The van der Waals surface area contributed by atoms with E-state index < -0.39 is 5.97 Å². The maximum Gasteiger partial charge on any atom is 0.317 e. The third-order valence-electron chi connectivity index (χ3n) is 1.15. The second kappa shape index (κ2) is 5.38. The molecule has 0 aromatic heterocycles. The molecule has 12 heavy (non-hydrogen) atoms. The van der Waals surface area contributed by atoms with Crippen LogP contribution in [0.15, 0.2) is 0 Å². The van der Waals surface area contributed by atoms with Crippen molar-refractivity contribution < 1.29 is 9.90 Å². The predicted octanol–water partition coefficient (Wildman–Crippen LogP) is 1.47. The van der Waals surface area contributed by atoms with E-state index in [1.54, 1.807) is 0 Å². The summed E-state index contributed by atoms with van der Waals surface area (Å²) in [6.45, 7) is 7.19. The van der Waals surface area contributed by atoms with Gasteiger partial charge in [0.2, 0.25) is 0 Å². The number of hydrogen-bond donors (Lipinski definition) is 1. The molecule has 0 fully saturated rings. The normalized spacial score (nSPS) is 11.1. The van der Waals surface area contributed by atoms with Gasteiger partial charge in [0, 0.05) is 6.54 Å². The van der Waals surface area contributed by atoms with Gasteiger partial charge in [0.15, 0.2) is 0 Å². The highest BCUT2D eigenvalue weighted by Crippen LogP contribution is 2.13. The lowest BCUT2D eigenvalue weighted by Gasteiger charge is -2.24. The third kappa shape index (κ3) is 9.72. The average Bonchev–Trinajstić information content (AvgIpc) is 1.53. The van der Waals surface area contributed by atoms with Gasteiger partial charge in [-0.1, -0.05) is 20.8 Å². The van der Waals surface area contributed by atoms with Crippen LogP contribution in [0.5, 0.6) is 0 Å². The Morgan fingerprint density at radius 3 is 2.08 bits per heavy atom. The molecule has 0 radical (unpaired) electrons. The number of carbonyl (C=O) groups is 1. The average molecular weight is 196 g/mol. The molecule has 3 nitrogen and oxygen atoms in total. The highest BCUT2D eigenvalue weighted by molar-refractivity contribution is 5.85. The molecule has 0 aliphatic heterocycles. The van der Waals surface area contributed by atoms with E-state index in [0.717, 1.165) is 6.54 Å². The Morgan fingerprint density at radius 2 is 1.83 bits per heavy atom. The number of carboxylic acid groups (broad SMARTS) is 1. The van der Waals surface area contributed by atoms with E-state index in [2.05, 4.69) is 20.8 Å². The molecular weight excluding hydrogens is 178 g/mol. The maximum atomic E-state index is 10.3. The Hall–Kier alpha value is -0.280. The minimum absolute atomic E-state index is 0. The maximum absolute atomic E-state index is 10.3. The van der Waals surface area contributed by atoms with Crippen molar-refractivity contribution >= 4 is 18.4 Å². The minimum atomic E-state index is -0.767. The SMILES string of the molecule is CN(CC(=O)O)CC(C)(C)C.Cl. The van der Waals surface area contributed by atoms with Gasteiger partial charge in [-0.3, -0.25) is 9.69 Å². The van der Waals surface area contributed by atoms with Crippen molar-refractivity contribution in [2.75, 3.05) is 20.1 Å².